The van der Waals surface area contributed by atoms with Crippen molar-refractivity contribution < 1.29 is 9.21 Å². The molecule has 0 fully saturated rings. The van der Waals surface area contributed by atoms with Crippen LogP contribution in [0.25, 0.3) is 11.3 Å². The zero-order chi connectivity index (χ0) is 18.5. The molecule has 1 N–H and O–H groups in total. The van der Waals surface area contributed by atoms with Crippen LogP contribution in [0.2, 0.25) is 5.02 Å². The Bertz CT molecular complexity index is 893. The molecule has 1 aromatic heterocycles. The van der Waals surface area contributed by atoms with Gasteiger partial charge in [-0.25, -0.2) is 4.98 Å². The fraction of sp³-hybridized carbons (Fsp3) is 0.200. The fourth-order valence-electron chi connectivity index (χ4n) is 2.58. The van der Waals surface area contributed by atoms with Gasteiger partial charge in [-0.15, -0.1) is 0 Å². The van der Waals surface area contributed by atoms with Gasteiger partial charge < -0.3 is 9.73 Å². The Balaban J connectivity index is 1.55. The van der Waals surface area contributed by atoms with Crippen LogP contribution in [0.5, 0.6) is 0 Å². The second kappa shape index (κ2) is 8.52. The van der Waals surface area contributed by atoms with E-state index in [1.165, 1.54) is 0 Å². The molecule has 0 spiro atoms. The Morgan fingerprint density at radius 3 is 2.69 bits per heavy atom. The van der Waals surface area contributed by atoms with Crippen LogP contribution in [0.4, 0.5) is 0 Å². The summed E-state index contributed by atoms with van der Waals surface area (Å²) in [6, 6.07) is 15.3. The molecule has 1 unspecified atom stereocenters. The molecule has 1 amide bonds. The third-order valence-electron chi connectivity index (χ3n) is 4.01. The number of carbonyl (C=O) groups excluding carboxylic acids is 1. The Labute approximate surface area is 165 Å². The highest BCUT2D eigenvalue weighted by molar-refractivity contribution is 9.10. The smallest absolute Gasteiger partial charge is 0.220 e. The molecule has 0 saturated carbocycles. The van der Waals surface area contributed by atoms with Crippen molar-refractivity contribution in [3.8, 4) is 11.3 Å². The van der Waals surface area contributed by atoms with Gasteiger partial charge in [0, 0.05) is 22.9 Å². The van der Waals surface area contributed by atoms with Crippen LogP contribution in [-0.2, 0) is 11.2 Å². The first-order valence-corrected chi connectivity index (χ1v) is 9.44. The van der Waals surface area contributed by atoms with Gasteiger partial charge in [0.05, 0.1) is 17.3 Å². The molecule has 1 atom stereocenters. The van der Waals surface area contributed by atoms with Gasteiger partial charge in [0.15, 0.2) is 11.7 Å². The average Bonchev–Trinajstić information content (AvgIpc) is 3.09. The molecule has 26 heavy (non-hydrogen) atoms. The van der Waals surface area contributed by atoms with E-state index in [9.17, 15) is 4.79 Å². The summed E-state index contributed by atoms with van der Waals surface area (Å²) in [4.78, 5) is 16.4. The third kappa shape index (κ3) is 4.74. The summed E-state index contributed by atoms with van der Waals surface area (Å²) in [5, 5.41) is 3.60. The Hall–Kier alpha value is -2.11. The van der Waals surface area contributed by atoms with Crippen LogP contribution >= 0.6 is 27.5 Å². The van der Waals surface area contributed by atoms with Gasteiger partial charge in [0.25, 0.3) is 0 Å². The van der Waals surface area contributed by atoms with E-state index in [-0.39, 0.29) is 11.9 Å². The molecule has 0 aliphatic heterocycles. The Kier molecular flexibility index (Phi) is 6.12. The predicted molar refractivity (Wildman–Crippen MR) is 106 cm³/mol. The van der Waals surface area contributed by atoms with Gasteiger partial charge >= 0.3 is 0 Å². The number of benzene rings is 2. The highest BCUT2D eigenvalue weighted by Crippen LogP contribution is 2.28. The molecule has 4 nitrogen and oxygen atoms in total. The van der Waals surface area contributed by atoms with Crippen LogP contribution in [0.3, 0.4) is 0 Å². The lowest BCUT2D eigenvalue weighted by Crippen LogP contribution is -2.26. The van der Waals surface area contributed by atoms with Crippen molar-refractivity contribution in [1.29, 1.82) is 0 Å². The minimum Gasteiger partial charge on any atom is -0.441 e. The first-order valence-electron chi connectivity index (χ1n) is 8.27. The van der Waals surface area contributed by atoms with Gasteiger partial charge in [0.1, 0.15) is 0 Å². The standard InChI is InChI=1S/C20H18BrClN2O2/c1-13(14-6-8-15(21)9-7-14)24-19(25)10-11-20-23-12-18(26-20)16-4-2-3-5-17(16)22/h2-9,12-13H,10-11H2,1H3,(H,24,25). The van der Waals surface area contributed by atoms with E-state index in [0.29, 0.717) is 29.5 Å². The molecule has 0 aliphatic rings. The SMILES string of the molecule is CC(NC(=O)CCc1ncc(-c2ccccc2Cl)o1)c1ccc(Br)cc1. The second-order valence-electron chi connectivity index (χ2n) is 5.94. The molecule has 0 saturated heterocycles. The van der Waals surface area contributed by atoms with Gasteiger partial charge in [-0.05, 0) is 36.8 Å². The molecule has 134 valence electrons. The van der Waals surface area contributed by atoms with Crippen molar-refractivity contribution >= 4 is 33.4 Å². The number of aryl methyl sites for hydroxylation is 1. The third-order valence-corrected chi connectivity index (χ3v) is 4.86. The number of oxazole rings is 1. The number of hydrogen-bond acceptors (Lipinski definition) is 3. The lowest BCUT2D eigenvalue weighted by Gasteiger charge is -2.14. The van der Waals surface area contributed by atoms with Crippen molar-refractivity contribution in [3.05, 3.63) is 75.7 Å². The molecule has 3 aromatic rings. The molecule has 3 rings (SSSR count). The number of nitrogens with zero attached hydrogens (tertiary/aromatic N) is 1. The normalized spacial score (nSPS) is 12.0. The van der Waals surface area contributed by atoms with Crippen LogP contribution < -0.4 is 5.32 Å². The molecule has 0 bridgehead atoms. The number of aromatic nitrogens is 1. The first-order chi connectivity index (χ1) is 12.5. The van der Waals surface area contributed by atoms with Crippen molar-refractivity contribution in [2.45, 2.75) is 25.8 Å². The molecular weight excluding hydrogens is 416 g/mol. The molecular formula is C20H18BrClN2O2. The summed E-state index contributed by atoms with van der Waals surface area (Å²) >= 11 is 9.57. The van der Waals surface area contributed by atoms with E-state index in [2.05, 4.69) is 26.2 Å². The lowest BCUT2D eigenvalue weighted by atomic mass is 10.1. The average molecular weight is 434 g/mol. The van der Waals surface area contributed by atoms with Gasteiger partial charge in [-0.1, -0.05) is 51.8 Å². The van der Waals surface area contributed by atoms with E-state index in [0.717, 1.165) is 15.6 Å². The zero-order valence-corrected chi connectivity index (χ0v) is 16.5. The Morgan fingerprint density at radius 1 is 1.23 bits per heavy atom. The van der Waals surface area contributed by atoms with E-state index >= 15 is 0 Å². The summed E-state index contributed by atoms with van der Waals surface area (Å²) in [6.45, 7) is 1.96. The zero-order valence-electron chi connectivity index (χ0n) is 14.2. The fourth-order valence-corrected chi connectivity index (χ4v) is 3.07. The highest BCUT2D eigenvalue weighted by atomic mass is 79.9. The Morgan fingerprint density at radius 2 is 1.96 bits per heavy atom. The van der Waals surface area contributed by atoms with Crippen LogP contribution in [0.1, 0.15) is 30.8 Å². The number of carbonyl (C=O) groups is 1. The maximum Gasteiger partial charge on any atom is 0.220 e. The topological polar surface area (TPSA) is 55.1 Å². The number of halogens is 2. The number of hydrogen-bond donors (Lipinski definition) is 1. The summed E-state index contributed by atoms with van der Waals surface area (Å²) in [7, 11) is 0. The number of amides is 1. The van der Waals surface area contributed by atoms with E-state index < -0.39 is 0 Å². The summed E-state index contributed by atoms with van der Waals surface area (Å²) < 4.78 is 6.73. The van der Waals surface area contributed by atoms with Gasteiger partial charge in [-0.3, -0.25) is 4.79 Å². The van der Waals surface area contributed by atoms with Crippen LogP contribution in [0, 0.1) is 0 Å². The van der Waals surface area contributed by atoms with Gasteiger partial charge in [0.2, 0.25) is 5.91 Å². The molecule has 1 heterocycles. The van der Waals surface area contributed by atoms with Crippen molar-refractivity contribution in [3.63, 3.8) is 0 Å². The van der Waals surface area contributed by atoms with E-state index in [1.807, 2.05) is 49.4 Å². The molecule has 2 aromatic carbocycles. The summed E-state index contributed by atoms with van der Waals surface area (Å²) in [6.07, 6.45) is 2.38. The van der Waals surface area contributed by atoms with Crippen LogP contribution in [0.15, 0.2) is 63.6 Å². The quantitative estimate of drug-likeness (QED) is 0.553. The minimum absolute atomic E-state index is 0.0436. The lowest BCUT2D eigenvalue weighted by molar-refractivity contribution is -0.121. The maximum absolute atomic E-state index is 12.2. The highest BCUT2D eigenvalue weighted by Gasteiger charge is 2.13. The minimum atomic E-state index is -0.0566. The van der Waals surface area contributed by atoms with Crippen molar-refractivity contribution in [2.24, 2.45) is 0 Å². The van der Waals surface area contributed by atoms with E-state index in [1.54, 1.807) is 12.3 Å². The summed E-state index contributed by atoms with van der Waals surface area (Å²) in [5.74, 6) is 1.08. The predicted octanol–water partition coefficient (Wildman–Crippen LogP) is 5.57. The summed E-state index contributed by atoms with van der Waals surface area (Å²) in [5.41, 5.74) is 1.85. The second-order valence-corrected chi connectivity index (χ2v) is 7.26. The largest absolute Gasteiger partial charge is 0.441 e. The number of rotatable bonds is 6. The van der Waals surface area contributed by atoms with E-state index in [4.69, 9.17) is 16.0 Å². The van der Waals surface area contributed by atoms with Crippen LogP contribution in [-0.4, -0.2) is 10.9 Å². The monoisotopic (exact) mass is 432 g/mol. The molecule has 0 radical (unpaired) electrons. The molecule has 6 heteroatoms. The number of nitrogens with one attached hydrogen (secondary N) is 1. The maximum atomic E-state index is 12.2. The first kappa shape index (κ1) is 18.7. The molecule has 0 aliphatic carbocycles. The van der Waals surface area contributed by atoms with Crippen molar-refractivity contribution in [2.75, 3.05) is 0 Å². The van der Waals surface area contributed by atoms with Crippen molar-refractivity contribution in [1.82, 2.24) is 10.3 Å². The van der Waals surface area contributed by atoms with Gasteiger partial charge in [-0.2, -0.15) is 0 Å².